The zero-order valence-corrected chi connectivity index (χ0v) is 7.98. The highest BCUT2D eigenvalue weighted by atomic mass is 79.9. The summed E-state index contributed by atoms with van der Waals surface area (Å²) in [5.41, 5.74) is 5.33. The molecule has 7 heteroatoms. The minimum absolute atomic E-state index is 0.182. The molecule has 0 aliphatic carbocycles. The molecule has 13 heavy (non-hydrogen) atoms. The van der Waals surface area contributed by atoms with Crippen LogP contribution < -0.4 is 5.73 Å². The molecule has 0 spiro atoms. The molecule has 2 aromatic rings. The number of aromatic nitrogens is 5. The second kappa shape index (κ2) is 3.09. The van der Waals surface area contributed by atoms with Crippen LogP contribution in [0.3, 0.4) is 0 Å². The van der Waals surface area contributed by atoms with Crippen molar-refractivity contribution in [3.8, 4) is 11.6 Å². The van der Waals surface area contributed by atoms with Gasteiger partial charge >= 0.3 is 0 Å². The van der Waals surface area contributed by atoms with Crippen LogP contribution in [0.25, 0.3) is 11.6 Å². The number of rotatable bonds is 1. The maximum atomic E-state index is 5.33. The van der Waals surface area contributed by atoms with Crippen molar-refractivity contribution in [1.29, 1.82) is 0 Å². The van der Waals surface area contributed by atoms with Gasteiger partial charge in [-0.1, -0.05) is 0 Å². The van der Waals surface area contributed by atoms with Gasteiger partial charge in [-0.15, -0.1) is 5.10 Å². The van der Waals surface area contributed by atoms with Gasteiger partial charge < -0.3 is 5.73 Å². The Morgan fingerprint density at radius 3 is 2.54 bits per heavy atom. The fourth-order valence-corrected chi connectivity index (χ4v) is 1.01. The Morgan fingerprint density at radius 1 is 1.31 bits per heavy atom. The first-order valence-electron chi connectivity index (χ1n) is 3.41. The van der Waals surface area contributed by atoms with E-state index in [2.05, 4.69) is 41.1 Å². The van der Waals surface area contributed by atoms with Gasteiger partial charge in [0.05, 0.1) is 4.47 Å². The molecule has 0 aliphatic rings. The van der Waals surface area contributed by atoms with Gasteiger partial charge in [0.15, 0.2) is 11.6 Å². The van der Waals surface area contributed by atoms with E-state index in [0.29, 0.717) is 11.6 Å². The van der Waals surface area contributed by atoms with Crippen LogP contribution in [0.1, 0.15) is 0 Å². The maximum absolute atomic E-state index is 5.33. The van der Waals surface area contributed by atoms with Crippen molar-refractivity contribution in [2.45, 2.75) is 0 Å². The third-order valence-electron chi connectivity index (χ3n) is 1.33. The standard InChI is InChI=1S/C6H5BrN6/c7-3-1-9-4(10-2-3)5-11-6(8)13-12-5/h1-2H,(H3,8,11,12,13). The first-order chi connectivity index (χ1) is 6.25. The topological polar surface area (TPSA) is 93.4 Å². The van der Waals surface area contributed by atoms with Crippen LogP contribution in [0.5, 0.6) is 0 Å². The lowest BCUT2D eigenvalue weighted by molar-refractivity contribution is 1.06. The van der Waals surface area contributed by atoms with Crippen LogP contribution >= 0.6 is 15.9 Å². The number of halogens is 1. The molecule has 0 aliphatic heterocycles. The van der Waals surface area contributed by atoms with E-state index in [-0.39, 0.29) is 5.95 Å². The van der Waals surface area contributed by atoms with E-state index in [1.54, 1.807) is 12.4 Å². The van der Waals surface area contributed by atoms with E-state index in [9.17, 15) is 0 Å². The molecule has 0 amide bonds. The summed E-state index contributed by atoms with van der Waals surface area (Å²) >= 11 is 3.23. The Labute approximate surface area is 81.8 Å². The number of H-pyrrole nitrogens is 1. The quantitative estimate of drug-likeness (QED) is 0.762. The Hall–Kier alpha value is -1.50. The van der Waals surface area contributed by atoms with E-state index in [1.165, 1.54) is 0 Å². The van der Waals surface area contributed by atoms with Gasteiger partial charge in [0.25, 0.3) is 0 Å². The number of hydrogen-bond acceptors (Lipinski definition) is 5. The van der Waals surface area contributed by atoms with E-state index in [0.717, 1.165) is 4.47 Å². The van der Waals surface area contributed by atoms with Gasteiger partial charge in [0.1, 0.15) is 0 Å². The third kappa shape index (κ3) is 1.64. The average molecular weight is 241 g/mol. The van der Waals surface area contributed by atoms with Crippen LogP contribution in [0, 0.1) is 0 Å². The first-order valence-corrected chi connectivity index (χ1v) is 4.21. The molecular formula is C6H5BrN6. The summed E-state index contributed by atoms with van der Waals surface area (Å²) in [6.45, 7) is 0. The molecular weight excluding hydrogens is 236 g/mol. The van der Waals surface area contributed by atoms with Crippen molar-refractivity contribution in [3.05, 3.63) is 16.9 Å². The zero-order valence-electron chi connectivity index (χ0n) is 6.40. The fourth-order valence-electron chi connectivity index (χ4n) is 0.809. The summed E-state index contributed by atoms with van der Waals surface area (Å²) in [5.74, 6) is 1.11. The molecule has 0 aromatic carbocycles. The normalized spacial score (nSPS) is 10.2. The lowest BCUT2D eigenvalue weighted by atomic mass is 10.5. The van der Waals surface area contributed by atoms with E-state index in [1.807, 2.05) is 0 Å². The second-order valence-corrected chi connectivity index (χ2v) is 3.18. The van der Waals surface area contributed by atoms with E-state index >= 15 is 0 Å². The number of anilines is 1. The summed E-state index contributed by atoms with van der Waals surface area (Å²) in [6.07, 6.45) is 3.25. The molecule has 0 saturated heterocycles. The van der Waals surface area contributed by atoms with Crippen LogP contribution in [-0.2, 0) is 0 Å². The van der Waals surface area contributed by atoms with Crippen molar-refractivity contribution in [2.75, 3.05) is 5.73 Å². The molecule has 3 N–H and O–H groups in total. The highest BCUT2D eigenvalue weighted by Crippen LogP contribution is 2.11. The minimum Gasteiger partial charge on any atom is -0.366 e. The number of nitrogen functional groups attached to an aromatic ring is 1. The SMILES string of the molecule is Nc1n[nH]c(-c2ncc(Br)cn2)n1. The lowest BCUT2D eigenvalue weighted by Gasteiger charge is -1.92. The van der Waals surface area contributed by atoms with Crippen molar-refractivity contribution in [1.82, 2.24) is 25.1 Å². The van der Waals surface area contributed by atoms with Gasteiger partial charge in [0.2, 0.25) is 5.95 Å². The molecule has 0 unspecified atom stereocenters. The Kier molecular flexibility index (Phi) is 1.93. The van der Waals surface area contributed by atoms with Crippen molar-refractivity contribution in [2.24, 2.45) is 0 Å². The van der Waals surface area contributed by atoms with Crippen LogP contribution in [0.4, 0.5) is 5.95 Å². The van der Waals surface area contributed by atoms with Crippen LogP contribution in [0.15, 0.2) is 16.9 Å². The van der Waals surface area contributed by atoms with Crippen LogP contribution in [0.2, 0.25) is 0 Å². The summed E-state index contributed by atoms with van der Waals surface area (Å²) in [6, 6.07) is 0. The summed E-state index contributed by atoms with van der Waals surface area (Å²) in [4.78, 5) is 11.9. The van der Waals surface area contributed by atoms with E-state index < -0.39 is 0 Å². The van der Waals surface area contributed by atoms with Gasteiger partial charge in [-0.05, 0) is 15.9 Å². The van der Waals surface area contributed by atoms with Crippen molar-refractivity contribution < 1.29 is 0 Å². The highest BCUT2D eigenvalue weighted by molar-refractivity contribution is 9.10. The predicted molar refractivity (Wildman–Crippen MR) is 49.5 cm³/mol. The smallest absolute Gasteiger partial charge is 0.239 e. The Balaban J connectivity index is 2.41. The monoisotopic (exact) mass is 240 g/mol. The average Bonchev–Trinajstić information content (AvgIpc) is 2.53. The summed E-state index contributed by atoms with van der Waals surface area (Å²) in [7, 11) is 0. The largest absolute Gasteiger partial charge is 0.366 e. The maximum Gasteiger partial charge on any atom is 0.239 e. The minimum atomic E-state index is 0.182. The molecule has 0 radical (unpaired) electrons. The van der Waals surface area contributed by atoms with Gasteiger partial charge in [-0.2, -0.15) is 4.98 Å². The molecule has 0 saturated carbocycles. The molecule has 2 aromatic heterocycles. The lowest BCUT2D eigenvalue weighted by Crippen LogP contribution is -1.90. The number of hydrogen-bond donors (Lipinski definition) is 2. The fraction of sp³-hybridized carbons (Fsp3) is 0. The molecule has 2 rings (SSSR count). The van der Waals surface area contributed by atoms with Gasteiger partial charge in [-0.25, -0.2) is 9.97 Å². The van der Waals surface area contributed by atoms with Crippen molar-refractivity contribution in [3.63, 3.8) is 0 Å². The molecule has 66 valence electrons. The zero-order chi connectivity index (χ0) is 9.26. The molecule has 2 heterocycles. The Morgan fingerprint density at radius 2 is 2.00 bits per heavy atom. The molecule has 0 bridgehead atoms. The van der Waals surface area contributed by atoms with Gasteiger partial charge in [0, 0.05) is 12.4 Å². The molecule has 0 fully saturated rings. The highest BCUT2D eigenvalue weighted by Gasteiger charge is 2.05. The number of nitrogens with two attached hydrogens (primary N) is 1. The number of nitrogens with zero attached hydrogens (tertiary/aromatic N) is 4. The molecule has 6 nitrogen and oxygen atoms in total. The summed E-state index contributed by atoms with van der Waals surface area (Å²) < 4.78 is 0.809. The number of aromatic amines is 1. The van der Waals surface area contributed by atoms with Gasteiger partial charge in [-0.3, -0.25) is 5.10 Å². The predicted octanol–water partition coefficient (Wildman–Crippen LogP) is 0.606. The van der Waals surface area contributed by atoms with E-state index in [4.69, 9.17) is 5.73 Å². The Bertz CT molecular complexity index is 407. The van der Waals surface area contributed by atoms with Crippen LogP contribution in [-0.4, -0.2) is 25.1 Å². The number of nitrogens with one attached hydrogen (secondary N) is 1. The first kappa shape index (κ1) is 8.11. The molecule has 0 atom stereocenters. The second-order valence-electron chi connectivity index (χ2n) is 2.27. The third-order valence-corrected chi connectivity index (χ3v) is 1.74. The van der Waals surface area contributed by atoms with Crippen molar-refractivity contribution >= 4 is 21.9 Å². The summed E-state index contributed by atoms with van der Waals surface area (Å²) in [5, 5.41) is 6.28.